The highest BCUT2D eigenvalue weighted by Crippen LogP contribution is 2.21. The van der Waals surface area contributed by atoms with Crippen molar-refractivity contribution in [2.45, 2.75) is 6.42 Å². The fraction of sp³-hybridized carbons (Fsp3) is 0.0500. The Kier molecular flexibility index (Phi) is 3.96. The van der Waals surface area contributed by atoms with Crippen LogP contribution in [0.1, 0.15) is 5.56 Å². The van der Waals surface area contributed by atoms with Crippen LogP contribution in [0.25, 0.3) is 22.2 Å². The van der Waals surface area contributed by atoms with Gasteiger partial charge in [-0.05, 0) is 28.5 Å². The van der Waals surface area contributed by atoms with Gasteiger partial charge < -0.3 is 4.42 Å². The number of hydrogen-bond acceptors (Lipinski definition) is 4. The summed E-state index contributed by atoms with van der Waals surface area (Å²) in [4.78, 5) is 12.3. The molecule has 0 saturated heterocycles. The van der Waals surface area contributed by atoms with Crippen LogP contribution >= 0.6 is 0 Å². The molecule has 0 spiro atoms. The maximum atomic E-state index is 12.3. The summed E-state index contributed by atoms with van der Waals surface area (Å²) < 4.78 is 5.51. The zero-order valence-electron chi connectivity index (χ0n) is 13.3. The number of hydrogen-bond donors (Lipinski definition) is 1. The van der Waals surface area contributed by atoms with E-state index >= 15 is 0 Å². The Morgan fingerprint density at radius 3 is 2.52 bits per heavy atom. The maximum Gasteiger partial charge on any atom is 0.322 e. The lowest BCUT2D eigenvalue weighted by atomic mass is 10.0. The normalized spacial score (nSPS) is 10.7. The number of benzene rings is 3. The minimum absolute atomic E-state index is 0.101. The van der Waals surface area contributed by atoms with E-state index in [1.165, 1.54) is 0 Å². The monoisotopic (exact) mass is 329 g/mol. The molecule has 0 saturated carbocycles. The van der Waals surface area contributed by atoms with Crippen molar-refractivity contribution in [3.8, 4) is 11.5 Å². The molecule has 0 aliphatic carbocycles. The first kappa shape index (κ1) is 15.1. The highest BCUT2D eigenvalue weighted by Gasteiger charge is 2.12. The highest BCUT2D eigenvalue weighted by molar-refractivity contribution is 5.95. The average molecular weight is 329 g/mol. The molecule has 0 aliphatic rings. The van der Waals surface area contributed by atoms with Gasteiger partial charge in [0, 0.05) is 5.56 Å². The molecule has 1 amide bonds. The van der Waals surface area contributed by atoms with E-state index in [1.807, 2.05) is 72.8 Å². The van der Waals surface area contributed by atoms with Gasteiger partial charge in [-0.25, -0.2) is 0 Å². The molecule has 122 valence electrons. The van der Waals surface area contributed by atoms with E-state index in [0.717, 1.165) is 21.9 Å². The Labute approximate surface area is 144 Å². The van der Waals surface area contributed by atoms with Crippen molar-refractivity contribution in [1.29, 1.82) is 0 Å². The molecule has 25 heavy (non-hydrogen) atoms. The van der Waals surface area contributed by atoms with E-state index in [0.29, 0.717) is 5.89 Å². The van der Waals surface area contributed by atoms with Gasteiger partial charge in [0.15, 0.2) is 0 Å². The summed E-state index contributed by atoms with van der Waals surface area (Å²) in [6.45, 7) is 0. The standard InChI is InChI=1S/C20H15N3O2/c24-18(13-16-11-6-10-14-7-4-5-12-17(14)16)21-20-23-22-19(25-20)15-8-2-1-3-9-15/h1-12H,13H2,(H,21,23,24). The summed E-state index contributed by atoms with van der Waals surface area (Å²) in [6, 6.07) is 23.4. The minimum Gasteiger partial charge on any atom is -0.403 e. The van der Waals surface area contributed by atoms with E-state index in [9.17, 15) is 4.79 Å². The zero-order chi connectivity index (χ0) is 17.1. The topological polar surface area (TPSA) is 68.0 Å². The predicted molar refractivity (Wildman–Crippen MR) is 96.0 cm³/mol. The summed E-state index contributed by atoms with van der Waals surface area (Å²) >= 11 is 0. The highest BCUT2D eigenvalue weighted by atomic mass is 16.4. The van der Waals surface area contributed by atoms with E-state index < -0.39 is 0 Å². The van der Waals surface area contributed by atoms with Gasteiger partial charge in [-0.2, -0.15) is 0 Å². The van der Waals surface area contributed by atoms with Gasteiger partial charge in [-0.3, -0.25) is 10.1 Å². The summed E-state index contributed by atoms with van der Waals surface area (Å²) in [7, 11) is 0. The van der Waals surface area contributed by atoms with Gasteiger partial charge in [-0.1, -0.05) is 65.8 Å². The third kappa shape index (κ3) is 3.26. The van der Waals surface area contributed by atoms with Crippen molar-refractivity contribution >= 4 is 22.7 Å². The van der Waals surface area contributed by atoms with Crippen LogP contribution in [0.5, 0.6) is 0 Å². The van der Waals surface area contributed by atoms with E-state index in [-0.39, 0.29) is 18.3 Å². The number of nitrogens with one attached hydrogen (secondary N) is 1. The second-order valence-electron chi connectivity index (χ2n) is 5.64. The summed E-state index contributed by atoms with van der Waals surface area (Å²) in [6.07, 6.45) is 0.240. The van der Waals surface area contributed by atoms with Crippen molar-refractivity contribution in [2.24, 2.45) is 0 Å². The third-order valence-electron chi connectivity index (χ3n) is 3.92. The Morgan fingerprint density at radius 1 is 0.880 bits per heavy atom. The van der Waals surface area contributed by atoms with E-state index in [4.69, 9.17) is 4.42 Å². The van der Waals surface area contributed by atoms with Crippen molar-refractivity contribution in [3.63, 3.8) is 0 Å². The minimum atomic E-state index is -0.195. The van der Waals surface area contributed by atoms with Crippen LogP contribution in [-0.2, 0) is 11.2 Å². The summed E-state index contributed by atoms with van der Waals surface area (Å²) in [5.41, 5.74) is 1.77. The molecule has 1 N–H and O–H groups in total. The Hall–Kier alpha value is -3.47. The molecule has 0 fully saturated rings. The summed E-state index contributed by atoms with van der Waals surface area (Å²) in [5.74, 6) is 0.181. The molecule has 0 bridgehead atoms. The van der Waals surface area contributed by atoms with Gasteiger partial charge in [0.25, 0.3) is 0 Å². The number of aromatic nitrogens is 2. The molecule has 0 atom stereocenters. The first-order valence-corrected chi connectivity index (χ1v) is 7.95. The molecule has 0 radical (unpaired) electrons. The lowest BCUT2D eigenvalue weighted by Gasteiger charge is -2.05. The Bertz CT molecular complexity index is 1020. The van der Waals surface area contributed by atoms with E-state index in [1.54, 1.807) is 0 Å². The van der Waals surface area contributed by atoms with E-state index in [2.05, 4.69) is 15.5 Å². The zero-order valence-corrected chi connectivity index (χ0v) is 13.3. The second kappa shape index (κ2) is 6.57. The molecule has 1 aromatic heterocycles. The van der Waals surface area contributed by atoms with Crippen LogP contribution in [0.4, 0.5) is 6.01 Å². The number of carbonyl (C=O) groups is 1. The van der Waals surface area contributed by atoms with Gasteiger partial charge in [-0.15, -0.1) is 5.10 Å². The number of fused-ring (bicyclic) bond motifs is 1. The van der Waals surface area contributed by atoms with Crippen molar-refractivity contribution < 1.29 is 9.21 Å². The van der Waals surface area contributed by atoms with Crippen LogP contribution in [0.3, 0.4) is 0 Å². The Balaban J connectivity index is 1.50. The lowest BCUT2D eigenvalue weighted by molar-refractivity contribution is -0.115. The fourth-order valence-corrected chi connectivity index (χ4v) is 2.75. The van der Waals surface area contributed by atoms with Gasteiger partial charge in [0.2, 0.25) is 11.8 Å². The van der Waals surface area contributed by atoms with Gasteiger partial charge in [0.1, 0.15) is 0 Å². The molecule has 5 nitrogen and oxygen atoms in total. The van der Waals surface area contributed by atoms with Crippen LogP contribution in [0.2, 0.25) is 0 Å². The molecule has 1 heterocycles. The van der Waals surface area contributed by atoms with Crippen molar-refractivity contribution in [1.82, 2.24) is 10.2 Å². The quantitative estimate of drug-likeness (QED) is 0.613. The van der Waals surface area contributed by atoms with Crippen LogP contribution < -0.4 is 5.32 Å². The molecule has 0 aliphatic heterocycles. The SMILES string of the molecule is O=C(Cc1cccc2ccccc12)Nc1nnc(-c2ccccc2)o1. The number of anilines is 1. The molecule has 0 unspecified atom stereocenters. The molecule has 5 heteroatoms. The summed E-state index contributed by atoms with van der Waals surface area (Å²) in [5, 5.41) is 12.7. The first-order chi connectivity index (χ1) is 12.3. The molecular weight excluding hydrogens is 314 g/mol. The number of nitrogens with zero attached hydrogens (tertiary/aromatic N) is 2. The number of amides is 1. The molecule has 3 aromatic carbocycles. The Morgan fingerprint density at radius 2 is 1.64 bits per heavy atom. The third-order valence-corrected chi connectivity index (χ3v) is 3.92. The molecule has 4 aromatic rings. The van der Waals surface area contributed by atoms with Gasteiger partial charge >= 0.3 is 6.01 Å². The average Bonchev–Trinajstić information content (AvgIpc) is 3.11. The predicted octanol–water partition coefficient (Wildman–Crippen LogP) is 4.07. The molecular formula is C20H15N3O2. The first-order valence-electron chi connectivity index (χ1n) is 7.95. The lowest BCUT2D eigenvalue weighted by Crippen LogP contribution is -2.14. The second-order valence-corrected chi connectivity index (χ2v) is 5.64. The van der Waals surface area contributed by atoms with Crippen LogP contribution in [0, 0.1) is 0 Å². The van der Waals surface area contributed by atoms with Gasteiger partial charge in [0.05, 0.1) is 6.42 Å². The maximum absolute atomic E-state index is 12.3. The largest absolute Gasteiger partial charge is 0.403 e. The number of carbonyl (C=O) groups excluding carboxylic acids is 1. The van der Waals surface area contributed by atoms with Crippen LogP contribution in [-0.4, -0.2) is 16.1 Å². The fourth-order valence-electron chi connectivity index (χ4n) is 2.75. The van der Waals surface area contributed by atoms with Crippen molar-refractivity contribution in [2.75, 3.05) is 5.32 Å². The van der Waals surface area contributed by atoms with Crippen LogP contribution in [0.15, 0.2) is 77.2 Å². The van der Waals surface area contributed by atoms with Crippen molar-refractivity contribution in [3.05, 3.63) is 78.4 Å². The smallest absolute Gasteiger partial charge is 0.322 e. The molecule has 4 rings (SSSR count). The number of rotatable bonds is 4.